The second kappa shape index (κ2) is 6.18. The molecule has 0 aliphatic heterocycles. The highest BCUT2D eigenvalue weighted by Gasteiger charge is 2.13. The van der Waals surface area contributed by atoms with Crippen molar-refractivity contribution in [2.75, 3.05) is 5.73 Å². The van der Waals surface area contributed by atoms with E-state index in [-0.39, 0.29) is 11.9 Å². The summed E-state index contributed by atoms with van der Waals surface area (Å²) in [7, 11) is 1.85. The van der Waals surface area contributed by atoms with Gasteiger partial charge in [0.15, 0.2) is 5.82 Å². The van der Waals surface area contributed by atoms with Crippen molar-refractivity contribution in [3.63, 3.8) is 0 Å². The van der Waals surface area contributed by atoms with Gasteiger partial charge in [0.25, 0.3) is 0 Å². The molecule has 0 bridgehead atoms. The quantitative estimate of drug-likeness (QED) is 0.802. The molecule has 2 aromatic rings. The molecule has 1 unspecified atom stereocenters. The molecule has 0 fully saturated rings. The largest absolute Gasteiger partial charge is 0.399 e. The fourth-order valence-corrected chi connectivity index (χ4v) is 2.07. The highest BCUT2D eigenvalue weighted by Crippen LogP contribution is 2.10. The van der Waals surface area contributed by atoms with Gasteiger partial charge in [0.2, 0.25) is 5.91 Å². The van der Waals surface area contributed by atoms with Crippen LogP contribution < -0.4 is 11.1 Å². The number of carbonyl (C=O) groups excluding carboxylic acids is 1. The Labute approximate surface area is 118 Å². The van der Waals surface area contributed by atoms with Gasteiger partial charge in [-0.1, -0.05) is 12.1 Å². The van der Waals surface area contributed by atoms with E-state index in [1.807, 2.05) is 38.2 Å². The normalized spacial score (nSPS) is 12.1. The summed E-state index contributed by atoms with van der Waals surface area (Å²) in [5, 5.41) is 10.7. The van der Waals surface area contributed by atoms with Crippen molar-refractivity contribution in [2.45, 2.75) is 25.8 Å². The van der Waals surface area contributed by atoms with Gasteiger partial charge >= 0.3 is 0 Å². The number of hydrogen-bond donors (Lipinski definition) is 2. The average Bonchev–Trinajstić information content (AvgIpc) is 2.83. The maximum atomic E-state index is 11.9. The van der Waals surface area contributed by atoms with Crippen molar-refractivity contribution in [1.82, 2.24) is 20.1 Å². The SMILES string of the molecule is CC(NC(=O)CCc1cccc(N)c1)c1nncn1C. The standard InChI is InChI=1S/C14H19N5O/c1-10(14-18-16-9-19(14)2)17-13(20)7-6-11-4-3-5-12(15)8-11/h3-5,8-10H,6-7,15H2,1-2H3,(H,17,20). The van der Waals surface area contributed by atoms with Crippen LogP contribution in [-0.2, 0) is 18.3 Å². The molecule has 6 heteroatoms. The number of nitrogens with two attached hydrogens (primary N) is 1. The first-order valence-electron chi connectivity index (χ1n) is 6.54. The van der Waals surface area contributed by atoms with Crippen LogP contribution in [-0.4, -0.2) is 20.7 Å². The molecule has 0 radical (unpaired) electrons. The Morgan fingerprint density at radius 3 is 2.95 bits per heavy atom. The molecule has 3 N–H and O–H groups in total. The lowest BCUT2D eigenvalue weighted by molar-refractivity contribution is -0.121. The number of carbonyl (C=O) groups is 1. The molecule has 0 aliphatic rings. The maximum Gasteiger partial charge on any atom is 0.220 e. The third kappa shape index (κ3) is 3.57. The van der Waals surface area contributed by atoms with E-state index in [0.717, 1.165) is 17.1 Å². The van der Waals surface area contributed by atoms with Gasteiger partial charge < -0.3 is 15.6 Å². The van der Waals surface area contributed by atoms with E-state index in [1.54, 1.807) is 10.9 Å². The van der Waals surface area contributed by atoms with E-state index in [0.29, 0.717) is 12.8 Å². The summed E-state index contributed by atoms with van der Waals surface area (Å²) >= 11 is 0. The van der Waals surface area contributed by atoms with Crippen LogP contribution in [0.25, 0.3) is 0 Å². The minimum Gasteiger partial charge on any atom is -0.399 e. The predicted octanol–water partition coefficient (Wildman–Crippen LogP) is 1.21. The first-order valence-corrected chi connectivity index (χ1v) is 6.54. The van der Waals surface area contributed by atoms with E-state index in [4.69, 9.17) is 5.73 Å². The van der Waals surface area contributed by atoms with E-state index >= 15 is 0 Å². The van der Waals surface area contributed by atoms with Crippen LogP contribution in [0.2, 0.25) is 0 Å². The van der Waals surface area contributed by atoms with Crippen LogP contribution >= 0.6 is 0 Å². The Balaban J connectivity index is 1.85. The Morgan fingerprint density at radius 1 is 1.50 bits per heavy atom. The van der Waals surface area contributed by atoms with Crippen LogP contribution in [0.5, 0.6) is 0 Å². The number of nitrogens with zero attached hydrogens (tertiary/aromatic N) is 3. The average molecular weight is 273 g/mol. The monoisotopic (exact) mass is 273 g/mol. The molecule has 0 aliphatic carbocycles. The van der Waals surface area contributed by atoms with Crippen LogP contribution in [0, 0.1) is 0 Å². The molecule has 0 spiro atoms. The number of amides is 1. The molecule has 20 heavy (non-hydrogen) atoms. The lowest BCUT2D eigenvalue weighted by Gasteiger charge is -2.13. The topological polar surface area (TPSA) is 85.8 Å². The Kier molecular flexibility index (Phi) is 4.34. The Morgan fingerprint density at radius 2 is 2.30 bits per heavy atom. The van der Waals surface area contributed by atoms with Crippen molar-refractivity contribution in [2.24, 2.45) is 7.05 Å². The number of hydrogen-bond acceptors (Lipinski definition) is 4. The van der Waals surface area contributed by atoms with E-state index in [1.165, 1.54) is 0 Å². The number of rotatable bonds is 5. The van der Waals surface area contributed by atoms with Crippen LogP contribution in [0.3, 0.4) is 0 Å². The van der Waals surface area contributed by atoms with E-state index in [2.05, 4.69) is 15.5 Å². The molecule has 2 rings (SSSR count). The van der Waals surface area contributed by atoms with Crippen molar-refractivity contribution >= 4 is 11.6 Å². The van der Waals surface area contributed by atoms with Crippen molar-refractivity contribution < 1.29 is 4.79 Å². The Hall–Kier alpha value is -2.37. The fraction of sp³-hybridized carbons (Fsp3) is 0.357. The van der Waals surface area contributed by atoms with Crippen molar-refractivity contribution in [1.29, 1.82) is 0 Å². The van der Waals surface area contributed by atoms with Gasteiger partial charge in [0, 0.05) is 19.2 Å². The third-order valence-electron chi connectivity index (χ3n) is 3.10. The predicted molar refractivity (Wildman–Crippen MR) is 76.7 cm³/mol. The van der Waals surface area contributed by atoms with Gasteiger partial charge in [-0.25, -0.2) is 0 Å². The summed E-state index contributed by atoms with van der Waals surface area (Å²) in [6.45, 7) is 1.89. The minimum absolute atomic E-state index is 0.0112. The summed E-state index contributed by atoms with van der Waals surface area (Å²) in [6.07, 6.45) is 2.71. The number of benzene rings is 1. The number of anilines is 1. The smallest absolute Gasteiger partial charge is 0.220 e. The fourth-order valence-electron chi connectivity index (χ4n) is 2.07. The van der Waals surface area contributed by atoms with Gasteiger partial charge in [-0.15, -0.1) is 10.2 Å². The molecule has 1 atom stereocenters. The van der Waals surface area contributed by atoms with Gasteiger partial charge in [-0.3, -0.25) is 4.79 Å². The molecular formula is C14H19N5O. The summed E-state index contributed by atoms with van der Waals surface area (Å²) in [4.78, 5) is 11.9. The van der Waals surface area contributed by atoms with Crippen LogP contribution in [0.4, 0.5) is 5.69 Å². The first kappa shape index (κ1) is 14.0. The molecule has 0 saturated heterocycles. The lowest BCUT2D eigenvalue weighted by Crippen LogP contribution is -2.28. The highest BCUT2D eigenvalue weighted by molar-refractivity contribution is 5.76. The van der Waals surface area contributed by atoms with Gasteiger partial charge in [0.05, 0.1) is 6.04 Å². The van der Waals surface area contributed by atoms with Gasteiger partial charge in [0.1, 0.15) is 6.33 Å². The summed E-state index contributed by atoms with van der Waals surface area (Å²) in [6, 6.07) is 7.43. The maximum absolute atomic E-state index is 11.9. The van der Waals surface area contributed by atoms with E-state index < -0.39 is 0 Å². The molecule has 1 heterocycles. The Bertz CT molecular complexity index is 593. The molecule has 1 aromatic heterocycles. The lowest BCUT2D eigenvalue weighted by atomic mass is 10.1. The summed E-state index contributed by atoms with van der Waals surface area (Å²) < 4.78 is 1.79. The highest BCUT2D eigenvalue weighted by atomic mass is 16.1. The zero-order chi connectivity index (χ0) is 14.5. The number of aromatic nitrogens is 3. The second-order valence-corrected chi connectivity index (χ2v) is 4.83. The molecule has 1 aromatic carbocycles. The minimum atomic E-state index is -0.157. The summed E-state index contributed by atoms with van der Waals surface area (Å²) in [5.74, 6) is 0.727. The summed E-state index contributed by atoms with van der Waals surface area (Å²) in [5.41, 5.74) is 7.49. The third-order valence-corrected chi connectivity index (χ3v) is 3.10. The van der Waals surface area contributed by atoms with Crippen molar-refractivity contribution in [3.8, 4) is 0 Å². The molecule has 106 valence electrons. The molecule has 6 nitrogen and oxygen atoms in total. The zero-order valence-corrected chi connectivity index (χ0v) is 11.7. The first-order chi connectivity index (χ1) is 9.56. The zero-order valence-electron chi connectivity index (χ0n) is 11.7. The van der Waals surface area contributed by atoms with E-state index in [9.17, 15) is 4.79 Å². The molecular weight excluding hydrogens is 254 g/mol. The second-order valence-electron chi connectivity index (χ2n) is 4.83. The molecule has 1 amide bonds. The number of nitrogen functional groups attached to an aromatic ring is 1. The van der Waals surface area contributed by atoms with Crippen molar-refractivity contribution in [3.05, 3.63) is 42.0 Å². The van der Waals surface area contributed by atoms with Gasteiger partial charge in [-0.2, -0.15) is 0 Å². The van der Waals surface area contributed by atoms with Crippen LogP contribution in [0.15, 0.2) is 30.6 Å². The number of aryl methyl sites for hydroxylation is 2. The van der Waals surface area contributed by atoms with Crippen LogP contribution in [0.1, 0.15) is 30.8 Å². The van der Waals surface area contributed by atoms with Gasteiger partial charge in [-0.05, 0) is 31.0 Å². The molecule has 0 saturated carbocycles. The number of nitrogens with one attached hydrogen (secondary N) is 1.